The van der Waals surface area contributed by atoms with Crippen molar-refractivity contribution in [1.29, 1.82) is 0 Å². The third-order valence-electron chi connectivity index (χ3n) is 7.08. The number of likely N-dealkylation sites (tertiary alicyclic amines) is 1. The van der Waals surface area contributed by atoms with Gasteiger partial charge in [0.2, 0.25) is 11.8 Å². The number of benzene rings is 2. The summed E-state index contributed by atoms with van der Waals surface area (Å²) in [5.41, 5.74) is 1.25. The molecule has 2 aromatic carbocycles. The van der Waals surface area contributed by atoms with Gasteiger partial charge in [-0.25, -0.2) is 4.79 Å². The second-order valence-electron chi connectivity index (χ2n) is 9.71. The predicted molar refractivity (Wildman–Crippen MR) is 148 cm³/mol. The van der Waals surface area contributed by atoms with E-state index < -0.39 is 40.2 Å². The molecule has 0 bridgehead atoms. The maximum atomic E-state index is 12.8. The topological polar surface area (TPSA) is 148 Å². The van der Waals surface area contributed by atoms with Crippen molar-refractivity contribution in [1.82, 2.24) is 24.6 Å². The highest BCUT2D eigenvalue weighted by Gasteiger charge is 2.46. The molecule has 0 aromatic heterocycles. The number of carbonyl (C=O) groups is 3. The number of nitrogens with one attached hydrogen (secondary N) is 3. The molecule has 0 spiro atoms. The SMILES string of the molecule is C#CCNC(=O)CNC(=O)[C@@H]1CNS(=O)(=O)N1C1CCN(C(C)c2cccc3ccccc23)CC1.O=C(O)C(F)(F)F. The molecule has 2 aliphatic rings. The number of alkyl halides is 3. The van der Waals surface area contributed by atoms with Crippen LogP contribution in [0.4, 0.5) is 13.2 Å². The van der Waals surface area contributed by atoms with Gasteiger partial charge in [-0.3, -0.25) is 14.5 Å². The number of carbonyl (C=O) groups excluding carboxylic acids is 2. The smallest absolute Gasteiger partial charge is 0.475 e. The monoisotopic (exact) mass is 611 g/mol. The summed E-state index contributed by atoms with van der Waals surface area (Å²) in [6.45, 7) is 3.39. The zero-order valence-electron chi connectivity index (χ0n) is 22.7. The van der Waals surface area contributed by atoms with E-state index in [2.05, 4.69) is 63.4 Å². The van der Waals surface area contributed by atoms with Crippen molar-refractivity contribution in [2.45, 2.75) is 44.1 Å². The van der Waals surface area contributed by atoms with Crippen molar-refractivity contribution in [3.8, 4) is 12.3 Å². The van der Waals surface area contributed by atoms with Gasteiger partial charge in [0, 0.05) is 31.7 Å². The number of hydrogen-bond acceptors (Lipinski definition) is 6. The van der Waals surface area contributed by atoms with Gasteiger partial charge in [-0.1, -0.05) is 48.4 Å². The molecule has 2 aliphatic heterocycles. The van der Waals surface area contributed by atoms with Crippen LogP contribution in [-0.4, -0.2) is 91.5 Å². The van der Waals surface area contributed by atoms with Gasteiger partial charge in [0.1, 0.15) is 6.04 Å². The number of piperidine rings is 1. The molecule has 2 aromatic rings. The highest BCUT2D eigenvalue weighted by atomic mass is 32.2. The molecule has 2 saturated heterocycles. The molecule has 1 unspecified atom stereocenters. The summed E-state index contributed by atoms with van der Waals surface area (Å²) in [6, 6.07) is 13.6. The van der Waals surface area contributed by atoms with Crippen LogP contribution >= 0.6 is 0 Å². The Kier molecular flexibility index (Phi) is 10.9. The summed E-state index contributed by atoms with van der Waals surface area (Å²) in [7, 11) is -3.78. The highest BCUT2D eigenvalue weighted by Crippen LogP contribution is 2.32. The zero-order valence-corrected chi connectivity index (χ0v) is 23.5. The molecule has 15 heteroatoms. The van der Waals surface area contributed by atoms with E-state index in [9.17, 15) is 31.2 Å². The molecule has 4 rings (SSSR count). The van der Waals surface area contributed by atoms with Gasteiger partial charge in [0.15, 0.2) is 0 Å². The number of halogens is 3. The number of carboxylic acids is 1. The van der Waals surface area contributed by atoms with Crippen LogP contribution in [0.15, 0.2) is 42.5 Å². The van der Waals surface area contributed by atoms with E-state index in [1.165, 1.54) is 20.6 Å². The third kappa shape index (κ3) is 8.19. The number of fused-ring (bicyclic) bond motifs is 1. The zero-order chi connectivity index (χ0) is 31.1. The Hall–Kier alpha value is -3.71. The fourth-order valence-corrected chi connectivity index (χ4v) is 6.64. The van der Waals surface area contributed by atoms with Crippen molar-refractivity contribution in [2.24, 2.45) is 0 Å². The van der Waals surface area contributed by atoms with Crippen LogP contribution in [0.25, 0.3) is 10.8 Å². The first kappa shape index (κ1) is 32.8. The third-order valence-corrected chi connectivity index (χ3v) is 8.72. The molecule has 42 heavy (non-hydrogen) atoms. The minimum absolute atomic E-state index is 0.0211. The van der Waals surface area contributed by atoms with Crippen molar-refractivity contribution < 1.29 is 41.1 Å². The van der Waals surface area contributed by atoms with E-state index in [4.69, 9.17) is 16.3 Å². The molecule has 11 nitrogen and oxygen atoms in total. The van der Waals surface area contributed by atoms with Crippen molar-refractivity contribution in [3.63, 3.8) is 0 Å². The van der Waals surface area contributed by atoms with Gasteiger partial charge < -0.3 is 15.7 Å². The van der Waals surface area contributed by atoms with E-state index in [-0.39, 0.29) is 31.7 Å². The Bertz CT molecular complexity index is 1430. The molecular weight excluding hydrogens is 579 g/mol. The van der Waals surface area contributed by atoms with Crippen LogP contribution in [0.3, 0.4) is 0 Å². The Morgan fingerprint density at radius 2 is 1.74 bits per heavy atom. The fraction of sp³-hybridized carbons (Fsp3) is 0.444. The van der Waals surface area contributed by atoms with Gasteiger partial charge in [-0.15, -0.1) is 6.42 Å². The first-order valence-electron chi connectivity index (χ1n) is 13.0. The van der Waals surface area contributed by atoms with Gasteiger partial charge >= 0.3 is 12.1 Å². The maximum Gasteiger partial charge on any atom is 0.490 e. The van der Waals surface area contributed by atoms with Gasteiger partial charge in [-0.2, -0.15) is 30.6 Å². The second-order valence-corrected chi connectivity index (χ2v) is 11.4. The number of hydrogen-bond donors (Lipinski definition) is 4. The van der Waals surface area contributed by atoms with Gasteiger partial charge in [0.05, 0.1) is 13.1 Å². The minimum Gasteiger partial charge on any atom is -0.475 e. The van der Waals surface area contributed by atoms with Crippen LogP contribution in [0.1, 0.15) is 31.4 Å². The van der Waals surface area contributed by atoms with E-state index in [0.717, 1.165) is 0 Å². The number of nitrogens with zero attached hydrogens (tertiary/aromatic N) is 2. The lowest BCUT2D eigenvalue weighted by molar-refractivity contribution is -0.192. The molecule has 0 aliphatic carbocycles. The molecule has 0 saturated carbocycles. The van der Waals surface area contributed by atoms with Crippen molar-refractivity contribution in [2.75, 3.05) is 32.7 Å². The predicted octanol–water partition coefficient (Wildman–Crippen LogP) is 1.38. The molecule has 2 heterocycles. The van der Waals surface area contributed by atoms with E-state index in [0.29, 0.717) is 25.9 Å². The largest absolute Gasteiger partial charge is 0.490 e. The molecule has 4 N–H and O–H groups in total. The standard InChI is InChI=1S/C25H31N5O4S.C2HF3O2/c1-3-13-26-24(31)17-27-25(32)23-16-28-35(33,34)30(23)20-11-14-29(15-12-20)18(2)21-10-6-8-19-7-4-5-9-22(19)21;3-2(4,5)1(6)7/h1,4-10,18,20,23,28H,11-17H2,2H3,(H,26,31)(H,27,32);(H,6,7)/t18?,23-;/m0./s1. The Labute approximate surface area is 241 Å². The number of terminal acetylenes is 1. The average Bonchev–Trinajstić information content (AvgIpc) is 3.28. The first-order valence-corrected chi connectivity index (χ1v) is 14.5. The summed E-state index contributed by atoms with van der Waals surface area (Å²) >= 11 is 0. The van der Waals surface area contributed by atoms with E-state index in [1.54, 1.807) is 0 Å². The van der Waals surface area contributed by atoms with E-state index in [1.807, 2.05) is 12.1 Å². The Balaban J connectivity index is 0.000000616. The number of carboxylic acid groups (broad SMARTS) is 1. The van der Waals surface area contributed by atoms with Gasteiger partial charge in [0.25, 0.3) is 10.2 Å². The molecule has 228 valence electrons. The van der Waals surface area contributed by atoms with E-state index >= 15 is 0 Å². The lowest BCUT2D eigenvalue weighted by atomic mass is 9.96. The summed E-state index contributed by atoms with van der Waals surface area (Å²) < 4.78 is 61.0. The summed E-state index contributed by atoms with van der Waals surface area (Å²) in [6.07, 6.45) is 1.26. The minimum atomic E-state index is -5.08. The normalized spacial score (nSPS) is 20.1. The number of amides is 2. The molecule has 0 radical (unpaired) electrons. The van der Waals surface area contributed by atoms with Crippen LogP contribution in [0.2, 0.25) is 0 Å². The van der Waals surface area contributed by atoms with Crippen LogP contribution in [0.5, 0.6) is 0 Å². The molecular formula is C27H32F3N5O6S. The number of rotatable bonds is 7. The molecule has 2 amide bonds. The Morgan fingerprint density at radius 1 is 1.12 bits per heavy atom. The lowest BCUT2D eigenvalue weighted by Crippen LogP contribution is -2.54. The fourth-order valence-electron chi connectivity index (χ4n) is 5.01. The van der Waals surface area contributed by atoms with Crippen LogP contribution in [0, 0.1) is 12.3 Å². The van der Waals surface area contributed by atoms with Crippen molar-refractivity contribution in [3.05, 3.63) is 48.0 Å². The molecule has 2 atom stereocenters. The average molecular weight is 612 g/mol. The summed E-state index contributed by atoms with van der Waals surface area (Å²) in [5, 5.41) is 14.5. The molecule has 2 fully saturated rings. The highest BCUT2D eigenvalue weighted by molar-refractivity contribution is 7.87. The van der Waals surface area contributed by atoms with Crippen LogP contribution < -0.4 is 15.4 Å². The lowest BCUT2D eigenvalue weighted by Gasteiger charge is -2.40. The summed E-state index contributed by atoms with van der Waals surface area (Å²) in [5.74, 6) is -1.39. The second kappa shape index (κ2) is 14.0. The van der Waals surface area contributed by atoms with Gasteiger partial charge in [-0.05, 0) is 36.1 Å². The number of aliphatic carboxylic acids is 1. The van der Waals surface area contributed by atoms with Crippen LogP contribution in [-0.2, 0) is 24.6 Å². The quantitative estimate of drug-likeness (QED) is 0.346. The van der Waals surface area contributed by atoms with Crippen molar-refractivity contribution >= 4 is 38.8 Å². The summed E-state index contributed by atoms with van der Waals surface area (Å²) in [4.78, 5) is 35.8. The first-order chi connectivity index (χ1) is 19.8. The maximum absolute atomic E-state index is 12.8. The Morgan fingerprint density at radius 3 is 2.36 bits per heavy atom.